The highest BCUT2D eigenvalue weighted by atomic mass is 32.2. The van der Waals surface area contributed by atoms with E-state index in [4.69, 9.17) is 9.47 Å². The van der Waals surface area contributed by atoms with Crippen molar-refractivity contribution >= 4 is 21.6 Å². The van der Waals surface area contributed by atoms with Crippen molar-refractivity contribution in [1.29, 1.82) is 0 Å². The summed E-state index contributed by atoms with van der Waals surface area (Å²) in [5, 5.41) is 2.78. The van der Waals surface area contributed by atoms with Crippen LogP contribution in [0.4, 0.5) is 10.1 Å². The number of amides is 1. The highest BCUT2D eigenvalue weighted by Crippen LogP contribution is 2.33. The summed E-state index contributed by atoms with van der Waals surface area (Å²) in [6.07, 6.45) is 0.108. The lowest BCUT2D eigenvalue weighted by atomic mass is 10.1. The van der Waals surface area contributed by atoms with Gasteiger partial charge in [-0.3, -0.25) is 4.79 Å². The molecule has 0 aliphatic carbocycles. The smallest absolute Gasteiger partial charge is 0.243 e. The zero-order valence-corrected chi connectivity index (χ0v) is 19.5. The summed E-state index contributed by atoms with van der Waals surface area (Å²) in [6.45, 7) is 3.12. The highest BCUT2D eigenvalue weighted by molar-refractivity contribution is 7.89. The van der Waals surface area contributed by atoms with Crippen molar-refractivity contribution < 1.29 is 27.1 Å². The number of carbonyl (C=O) groups excluding carboxylic acids is 1. The molecule has 1 amide bonds. The van der Waals surface area contributed by atoms with Gasteiger partial charge in [0.05, 0.1) is 30.2 Å². The standard InChI is InChI=1S/C25H25FN2O5S/c1-18-2-4-19(5-3-18)16-25(29)27-23-17-22(34(30,31)28-12-14-32-15-13-28)10-11-24(23)33-21-8-6-20(26)7-9-21/h2-11,17H,12-16H2,1H3,(H,27,29). The second kappa shape index (κ2) is 10.3. The third-order valence-electron chi connectivity index (χ3n) is 5.36. The van der Waals surface area contributed by atoms with Crippen LogP contribution < -0.4 is 10.1 Å². The van der Waals surface area contributed by atoms with E-state index in [1.807, 2.05) is 31.2 Å². The van der Waals surface area contributed by atoms with E-state index in [9.17, 15) is 17.6 Å². The van der Waals surface area contributed by atoms with Crippen LogP contribution in [-0.4, -0.2) is 44.9 Å². The Labute approximate surface area is 198 Å². The quantitative estimate of drug-likeness (QED) is 0.545. The molecule has 34 heavy (non-hydrogen) atoms. The second-order valence-electron chi connectivity index (χ2n) is 7.94. The first-order valence-electron chi connectivity index (χ1n) is 10.8. The Kier molecular flexibility index (Phi) is 7.26. The van der Waals surface area contributed by atoms with E-state index in [0.29, 0.717) is 19.0 Å². The van der Waals surface area contributed by atoms with Crippen LogP contribution in [0.25, 0.3) is 0 Å². The Morgan fingerprint density at radius 3 is 2.38 bits per heavy atom. The minimum Gasteiger partial charge on any atom is -0.455 e. The maximum Gasteiger partial charge on any atom is 0.243 e. The Morgan fingerprint density at radius 2 is 1.71 bits per heavy atom. The molecule has 178 valence electrons. The first-order valence-corrected chi connectivity index (χ1v) is 12.3. The molecule has 3 aromatic rings. The molecule has 1 N–H and O–H groups in total. The predicted molar refractivity (Wildman–Crippen MR) is 126 cm³/mol. The molecule has 0 aromatic heterocycles. The molecule has 3 aromatic carbocycles. The summed E-state index contributed by atoms with van der Waals surface area (Å²) < 4.78 is 52.0. The molecule has 0 spiro atoms. The number of carbonyl (C=O) groups is 1. The predicted octanol–water partition coefficient (Wildman–Crippen LogP) is 4.13. The summed E-state index contributed by atoms with van der Waals surface area (Å²) in [5.74, 6) is -0.149. The van der Waals surface area contributed by atoms with Crippen molar-refractivity contribution in [1.82, 2.24) is 4.31 Å². The molecule has 1 aliphatic rings. The van der Waals surface area contributed by atoms with Crippen molar-refractivity contribution in [2.45, 2.75) is 18.2 Å². The molecule has 4 rings (SSSR count). The molecule has 0 radical (unpaired) electrons. The molecule has 1 saturated heterocycles. The number of sulfonamides is 1. The van der Waals surface area contributed by atoms with E-state index in [-0.39, 0.29) is 41.7 Å². The number of ether oxygens (including phenoxy) is 2. The zero-order valence-electron chi connectivity index (χ0n) is 18.7. The largest absolute Gasteiger partial charge is 0.455 e. The van der Waals surface area contributed by atoms with E-state index >= 15 is 0 Å². The fourth-order valence-electron chi connectivity index (χ4n) is 3.51. The summed E-state index contributed by atoms with van der Waals surface area (Å²) in [6, 6.07) is 17.3. The van der Waals surface area contributed by atoms with Crippen LogP contribution in [0.5, 0.6) is 11.5 Å². The minimum absolute atomic E-state index is 0.0338. The normalized spacial score (nSPS) is 14.5. The van der Waals surface area contributed by atoms with Gasteiger partial charge >= 0.3 is 0 Å². The van der Waals surface area contributed by atoms with Crippen molar-refractivity contribution in [2.75, 3.05) is 31.6 Å². The topological polar surface area (TPSA) is 84.9 Å². The van der Waals surface area contributed by atoms with Crippen molar-refractivity contribution in [3.05, 3.63) is 83.7 Å². The van der Waals surface area contributed by atoms with E-state index in [1.54, 1.807) is 0 Å². The third kappa shape index (κ3) is 5.80. The molecule has 1 aliphatic heterocycles. The molecular formula is C25H25FN2O5S. The number of anilines is 1. The average Bonchev–Trinajstić information content (AvgIpc) is 2.83. The van der Waals surface area contributed by atoms with Gasteiger partial charge in [-0.2, -0.15) is 4.31 Å². The Hall–Kier alpha value is -3.27. The summed E-state index contributed by atoms with van der Waals surface area (Å²) in [7, 11) is -3.78. The molecule has 0 bridgehead atoms. The average molecular weight is 485 g/mol. The second-order valence-corrected chi connectivity index (χ2v) is 9.88. The number of hydrogen-bond acceptors (Lipinski definition) is 5. The molecule has 7 nitrogen and oxygen atoms in total. The van der Waals surface area contributed by atoms with Gasteiger partial charge in [-0.15, -0.1) is 0 Å². The number of halogens is 1. The van der Waals surface area contributed by atoms with E-state index in [0.717, 1.165) is 11.1 Å². The lowest BCUT2D eigenvalue weighted by molar-refractivity contribution is -0.115. The van der Waals surface area contributed by atoms with Gasteiger partial charge in [-0.1, -0.05) is 29.8 Å². The van der Waals surface area contributed by atoms with Crippen LogP contribution in [0.15, 0.2) is 71.6 Å². The van der Waals surface area contributed by atoms with E-state index in [1.165, 1.54) is 46.8 Å². The van der Waals surface area contributed by atoms with Gasteiger partial charge in [0.2, 0.25) is 15.9 Å². The van der Waals surface area contributed by atoms with Crippen molar-refractivity contribution in [3.8, 4) is 11.5 Å². The van der Waals surface area contributed by atoms with Crippen LogP contribution in [-0.2, 0) is 26.0 Å². The van der Waals surface area contributed by atoms with Crippen LogP contribution in [0.3, 0.4) is 0 Å². The molecule has 1 fully saturated rings. The Bertz CT molecular complexity index is 1260. The van der Waals surface area contributed by atoms with E-state index < -0.39 is 15.8 Å². The first kappa shape index (κ1) is 23.9. The molecule has 9 heteroatoms. The summed E-state index contributed by atoms with van der Waals surface area (Å²) in [4.78, 5) is 12.8. The highest BCUT2D eigenvalue weighted by Gasteiger charge is 2.27. The van der Waals surface area contributed by atoms with Gasteiger partial charge < -0.3 is 14.8 Å². The zero-order chi connectivity index (χ0) is 24.1. The lowest BCUT2D eigenvalue weighted by Gasteiger charge is -2.26. The van der Waals surface area contributed by atoms with Gasteiger partial charge in [-0.05, 0) is 55.0 Å². The molecular weight excluding hydrogens is 459 g/mol. The van der Waals surface area contributed by atoms with Gasteiger partial charge in [0.25, 0.3) is 0 Å². The van der Waals surface area contributed by atoms with Gasteiger partial charge in [-0.25, -0.2) is 12.8 Å². The lowest BCUT2D eigenvalue weighted by Crippen LogP contribution is -2.40. The van der Waals surface area contributed by atoms with Crippen molar-refractivity contribution in [3.63, 3.8) is 0 Å². The number of aryl methyl sites for hydroxylation is 1. The fourth-order valence-corrected chi connectivity index (χ4v) is 4.94. The summed E-state index contributed by atoms with van der Waals surface area (Å²) >= 11 is 0. The monoisotopic (exact) mass is 484 g/mol. The molecule has 0 saturated carbocycles. The van der Waals surface area contributed by atoms with Crippen molar-refractivity contribution in [2.24, 2.45) is 0 Å². The number of nitrogens with zero attached hydrogens (tertiary/aromatic N) is 1. The number of hydrogen-bond donors (Lipinski definition) is 1. The minimum atomic E-state index is -3.78. The van der Waals surface area contributed by atoms with E-state index in [2.05, 4.69) is 5.32 Å². The van der Waals surface area contributed by atoms with Crippen LogP contribution in [0.2, 0.25) is 0 Å². The van der Waals surface area contributed by atoms with Crippen LogP contribution in [0.1, 0.15) is 11.1 Å². The third-order valence-corrected chi connectivity index (χ3v) is 7.25. The molecule has 0 atom stereocenters. The molecule has 1 heterocycles. The maximum absolute atomic E-state index is 13.3. The number of rotatable bonds is 7. The van der Waals surface area contributed by atoms with Gasteiger partial charge in [0.1, 0.15) is 11.6 Å². The summed E-state index contributed by atoms with van der Waals surface area (Å²) in [5.41, 5.74) is 2.11. The Morgan fingerprint density at radius 1 is 1.03 bits per heavy atom. The fraction of sp³-hybridized carbons (Fsp3) is 0.240. The maximum atomic E-state index is 13.3. The SMILES string of the molecule is Cc1ccc(CC(=O)Nc2cc(S(=O)(=O)N3CCOCC3)ccc2Oc2ccc(F)cc2)cc1. The number of morpholine rings is 1. The van der Waals surface area contributed by atoms with Crippen LogP contribution >= 0.6 is 0 Å². The van der Waals surface area contributed by atoms with Gasteiger partial charge in [0, 0.05) is 13.1 Å². The Balaban J connectivity index is 1.62. The number of nitrogens with one attached hydrogen (secondary N) is 1. The first-order chi connectivity index (χ1) is 16.3. The molecule has 0 unspecified atom stereocenters. The van der Waals surface area contributed by atoms with Crippen LogP contribution in [0, 0.1) is 12.7 Å². The van der Waals surface area contributed by atoms with Gasteiger partial charge in [0.15, 0.2) is 5.75 Å². The number of benzene rings is 3.